The fraction of sp³-hybridized carbons (Fsp3) is 0.714. The van der Waals surface area contributed by atoms with E-state index in [1.165, 1.54) is 0 Å². The topological polar surface area (TPSA) is 50.2 Å². The minimum Gasteiger partial charge on any atom is -0.342 e. The minimum absolute atomic E-state index is 0.0107. The van der Waals surface area contributed by atoms with E-state index >= 15 is 0 Å². The molecule has 1 unspecified atom stereocenters. The summed E-state index contributed by atoms with van der Waals surface area (Å²) in [4.78, 5) is 14.7. The van der Waals surface area contributed by atoms with Crippen molar-refractivity contribution < 1.29 is 4.79 Å². The Hall–Kier alpha value is -1.52. The van der Waals surface area contributed by atoms with Gasteiger partial charge in [0.2, 0.25) is 5.91 Å². The molecule has 5 heteroatoms. The van der Waals surface area contributed by atoms with Crippen molar-refractivity contribution >= 4 is 17.4 Å². The summed E-state index contributed by atoms with van der Waals surface area (Å²) in [5, 5.41) is 7.62. The maximum absolute atomic E-state index is 12.5. The van der Waals surface area contributed by atoms with Crippen LogP contribution >= 0.6 is 0 Å². The second kappa shape index (κ2) is 3.99. The lowest BCUT2D eigenvalue weighted by atomic mass is 9.75. The van der Waals surface area contributed by atoms with Gasteiger partial charge in [0.25, 0.3) is 0 Å². The molecule has 0 aromatic carbocycles. The predicted molar refractivity (Wildman–Crippen MR) is 75.4 cm³/mol. The molecule has 5 nitrogen and oxygen atoms in total. The number of nitrogens with zero attached hydrogens (tertiary/aromatic N) is 3. The molecule has 3 rings (SSSR count). The van der Waals surface area contributed by atoms with Gasteiger partial charge in [-0.15, -0.1) is 0 Å². The van der Waals surface area contributed by atoms with Crippen LogP contribution in [0.4, 0.5) is 11.5 Å². The van der Waals surface area contributed by atoms with E-state index < -0.39 is 0 Å². The van der Waals surface area contributed by atoms with Crippen LogP contribution in [0.15, 0.2) is 0 Å². The Balaban J connectivity index is 2.14. The normalized spacial score (nSPS) is 24.7. The molecule has 19 heavy (non-hydrogen) atoms. The van der Waals surface area contributed by atoms with Crippen molar-refractivity contribution in [3.05, 3.63) is 5.69 Å². The van der Waals surface area contributed by atoms with Crippen LogP contribution in [0, 0.1) is 12.3 Å². The van der Waals surface area contributed by atoms with Crippen LogP contribution in [0.5, 0.6) is 0 Å². The number of hydrogen-bond donors (Lipinski definition) is 1. The third-order valence-electron chi connectivity index (χ3n) is 4.44. The molecule has 0 radical (unpaired) electrons. The number of hydrogen-bond acceptors (Lipinski definition) is 3. The summed E-state index contributed by atoms with van der Waals surface area (Å²) >= 11 is 0. The smallest absolute Gasteiger partial charge is 0.247 e. The zero-order chi connectivity index (χ0) is 13.8. The number of anilines is 2. The second-order valence-electron chi connectivity index (χ2n) is 6.28. The summed E-state index contributed by atoms with van der Waals surface area (Å²) in [6.07, 6.45) is 2.22. The van der Waals surface area contributed by atoms with E-state index in [1.54, 1.807) is 0 Å². The highest BCUT2D eigenvalue weighted by Crippen LogP contribution is 2.44. The number of carbonyl (C=O) groups excluding carboxylic acids is 1. The predicted octanol–water partition coefficient (Wildman–Crippen LogP) is 2.16. The largest absolute Gasteiger partial charge is 0.342 e. The Morgan fingerprint density at radius 1 is 1.47 bits per heavy atom. The molecule has 1 N–H and O–H groups in total. The molecule has 1 atom stereocenters. The average Bonchev–Trinajstić information content (AvgIpc) is 2.65. The van der Waals surface area contributed by atoms with Gasteiger partial charge >= 0.3 is 0 Å². The third kappa shape index (κ3) is 1.67. The molecule has 1 fully saturated rings. The van der Waals surface area contributed by atoms with Gasteiger partial charge < -0.3 is 10.2 Å². The molecule has 3 heterocycles. The van der Waals surface area contributed by atoms with Crippen LogP contribution in [0.25, 0.3) is 0 Å². The van der Waals surface area contributed by atoms with E-state index in [2.05, 4.69) is 36.1 Å². The van der Waals surface area contributed by atoms with Crippen LogP contribution in [-0.2, 0) is 11.3 Å². The number of nitrogens with one attached hydrogen (secondary N) is 1. The molecule has 0 saturated carbocycles. The first kappa shape index (κ1) is 12.5. The van der Waals surface area contributed by atoms with Gasteiger partial charge in [0.15, 0.2) is 5.82 Å². The fourth-order valence-electron chi connectivity index (χ4n) is 3.54. The standard InChI is InChI=1S/C14H22N4O/c1-5-18-13-10(9(2)16-18)15-12(19)11-14(3,4)7-6-8-17(11)13/h11H,5-8H2,1-4H3,(H,15,19). The lowest BCUT2D eigenvalue weighted by Crippen LogP contribution is -2.59. The van der Waals surface area contributed by atoms with Gasteiger partial charge in [-0.3, -0.25) is 4.79 Å². The Labute approximate surface area is 114 Å². The van der Waals surface area contributed by atoms with E-state index in [4.69, 9.17) is 0 Å². The fourth-order valence-corrected chi connectivity index (χ4v) is 3.54. The van der Waals surface area contributed by atoms with Crippen LogP contribution in [-0.4, -0.2) is 28.3 Å². The first-order valence-electron chi connectivity index (χ1n) is 7.10. The molecular formula is C14H22N4O. The van der Waals surface area contributed by atoms with Crippen LogP contribution in [0.1, 0.15) is 39.3 Å². The van der Waals surface area contributed by atoms with Crippen LogP contribution in [0.3, 0.4) is 0 Å². The molecule has 1 amide bonds. The van der Waals surface area contributed by atoms with Gasteiger partial charge in [0.1, 0.15) is 11.7 Å². The maximum atomic E-state index is 12.5. The molecule has 104 valence electrons. The Bertz CT molecular complexity index is 532. The summed E-state index contributed by atoms with van der Waals surface area (Å²) < 4.78 is 2.01. The molecule has 1 aromatic heterocycles. The average molecular weight is 262 g/mol. The Kier molecular flexibility index (Phi) is 2.62. The van der Waals surface area contributed by atoms with E-state index in [-0.39, 0.29) is 17.4 Å². The summed E-state index contributed by atoms with van der Waals surface area (Å²) in [5.41, 5.74) is 1.82. The monoisotopic (exact) mass is 262 g/mol. The molecule has 1 aromatic rings. The van der Waals surface area contributed by atoms with Crippen LogP contribution < -0.4 is 10.2 Å². The van der Waals surface area contributed by atoms with Crippen molar-refractivity contribution in [1.82, 2.24) is 9.78 Å². The number of aryl methyl sites for hydroxylation is 2. The number of carbonyl (C=O) groups is 1. The van der Waals surface area contributed by atoms with Crippen molar-refractivity contribution in [1.29, 1.82) is 0 Å². The zero-order valence-electron chi connectivity index (χ0n) is 12.2. The summed E-state index contributed by atoms with van der Waals surface area (Å²) in [7, 11) is 0. The van der Waals surface area contributed by atoms with Crippen LogP contribution in [0.2, 0.25) is 0 Å². The van der Waals surface area contributed by atoms with E-state index in [1.807, 2.05) is 11.6 Å². The molecule has 0 aliphatic carbocycles. The van der Waals surface area contributed by atoms with Crippen molar-refractivity contribution in [3.63, 3.8) is 0 Å². The van der Waals surface area contributed by atoms with Gasteiger partial charge in [0, 0.05) is 13.1 Å². The highest BCUT2D eigenvalue weighted by Gasteiger charge is 2.47. The van der Waals surface area contributed by atoms with Crippen molar-refractivity contribution in [2.24, 2.45) is 5.41 Å². The number of piperidine rings is 1. The molecule has 1 saturated heterocycles. The molecule has 2 aliphatic heterocycles. The van der Waals surface area contributed by atoms with Gasteiger partial charge in [-0.2, -0.15) is 5.10 Å². The SMILES string of the molecule is CCn1nc(C)c2c1N1CCCC(C)(C)C1C(=O)N2. The zero-order valence-corrected chi connectivity index (χ0v) is 12.2. The lowest BCUT2D eigenvalue weighted by molar-refractivity contribution is -0.120. The number of aromatic nitrogens is 2. The van der Waals surface area contributed by atoms with E-state index in [0.29, 0.717) is 0 Å². The Morgan fingerprint density at radius 2 is 2.21 bits per heavy atom. The Morgan fingerprint density at radius 3 is 2.89 bits per heavy atom. The molecule has 2 aliphatic rings. The third-order valence-corrected chi connectivity index (χ3v) is 4.44. The summed E-state index contributed by atoms with van der Waals surface area (Å²) in [5.74, 6) is 1.22. The van der Waals surface area contributed by atoms with Crippen molar-refractivity contribution in [2.45, 2.75) is 53.1 Å². The summed E-state index contributed by atoms with van der Waals surface area (Å²) in [6.45, 7) is 10.2. The highest BCUT2D eigenvalue weighted by atomic mass is 16.2. The van der Waals surface area contributed by atoms with Gasteiger partial charge in [-0.05, 0) is 32.1 Å². The quantitative estimate of drug-likeness (QED) is 0.843. The molecule has 0 spiro atoms. The van der Waals surface area contributed by atoms with Crippen molar-refractivity contribution in [2.75, 3.05) is 16.8 Å². The molecule has 0 bridgehead atoms. The maximum Gasteiger partial charge on any atom is 0.247 e. The number of rotatable bonds is 1. The molecular weight excluding hydrogens is 240 g/mol. The van der Waals surface area contributed by atoms with Gasteiger partial charge in [-0.25, -0.2) is 4.68 Å². The minimum atomic E-state index is -0.0739. The highest BCUT2D eigenvalue weighted by molar-refractivity contribution is 6.04. The van der Waals surface area contributed by atoms with E-state index in [0.717, 1.165) is 43.1 Å². The van der Waals surface area contributed by atoms with E-state index in [9.17, 15) is 4.79 Å². The first-order chi connectivity index (χ1) is 8.95. The first-order valence-corrected chi connectivity index (χ1v) is 7.10. The number of fused-ring (bicyclic) bond motifs is 3. The summed E-state index contributed by atoms with van der Waals surface area (Å²) in [6, 6.07) is -0.0739. The van der Waals surface area contributed by atoms with Gasteiger partial charge in [0.05, 0.1) is 5.69 Å². The van der Waals surface area contributed by atoms with Gasteiger partial charge in [-0.1, -0.05) is 13.8 Å². The lowest BCUT2D eigenvalue weighted by Gasteiger charge is -2.48. The van der Waals surface area contributed by atoms with Crippen molar-refractivity contribution in [3.8, 4) is 0 Å². The number of amides is 1. The second-order valence-corrected chi connectivity index (χ2v) is 6.28.